The maximum atomic E-state index is 12.2. The van der Waals surface area contributed by atoms with Gasteiger partial charge in [-0.15, -0.1) is 0 Å². The predicted octanol–water partition coefficient (Wildman–Crippen LogP) is 2.78. The largest absolute Gasteiger partial charge is 0.399 e. The van der Waals surface area contributed by atoms with Crippen LogP contribution in [0.4, 0.5) is 0 Å². The maximum Gasteiger partial charge on any atom is 0.225 e. The van der Waals surface area contributed by atoms with Gasteiger partial charge in [-0.3, -0.25) is 4.79 Å². The number of amides is 1. The van der Waals surface area contributed by atoms with Gasteiger partial charge in [0.1, 0.15) is 7.11 Å². The van der Waals surface area contributed by atoms with E-state index in [1.54, 1.807) is 6.21 Å². The zero-order chi connectivity index (χ0) is 16.6. The van der Waals surface area contributed by atoms with Crippen LogP contribution in [-0.4, -0.2) is 30.3 Å². The lowest BCUT2D eigenvalue weighted by molar-refractivity contribution is -0.129. The Labute approximate surface area is 136 Å². The number of hydrogen-bond acceptors (Lipinski definition) is 3. The van der Waals surface area contributed by atoms with Gasteiger partial charge in [-0.05, 0) is 29.7 Å². The highest BCUT2D eigenvalue weighted by atomic mass is 16.6. The second-order valence-electron chi connectivity index (χ2n) is 7.13. The van der Waals surface area contributed by atoms with Crippen LogP contribution in [0.15, 0.2) is 23.4 Å². The van der Waals surface area contributed by atoms with Gasteiger partial charge in [-0.1, -0.05) is 32.0 Å². The van der Waals surface area contributed by atoms with Crippen molar-refractivity contribution in [1.82, 2.24) is 10.3 Å². The number of carbonyl (C=O) groups is 1. The molecule has 0 bridgehead atoms. The van der Waals surface area contributed by atoms with E-state index in [2.05, 4.69) is 27.6 Å². The van der Waals surface area contributed by atoms with E-state index in [4.69, 9.17) is 4.84 Å². The van der Waals surface area contributed by atoms with E-state index in [0.717, 1.165) is 23.9 Å². The van der Waals surface area contributed by atoms with Crippen molar-refractivity contribution in [2.45, 2.75) is 39.7 Å². The maximum absolute atomic E-state index is 12.2. The van der Waals surface area contributed by atoms with E-state index in [1.807, 2.05) is 26.8 Å². The Hall–Kier alpha value is -2.30. The minimum absolute atomic E-state index is 0.102. The first-order valence-corrected chi connectivity index (χ1v) is 7.89. The number of rotatable bonds is 3. The lowest BCUT2D eigenvalue weighted by atomic mass is 9.95. The lowest BCUT2D eigenvalue weighted by Gasteiger charge is -2.21. The fourth-order valence-electron chi connectivity index (χ4n) is 2.99. The zero-order valence-electron chi connectivity index (χ0n) is 14.1. The van der Waals surface area contributed by atoms with E-state index >= 15 is 0 Å². The van der Waals surface area contributed by atoms with Gasteiger partial charge in [0.15, 0.2) is 0 Å². The molecule has 23 heavy (non-hydrogen) atoms. The van der Waals surface area contributed by atoms with Gasteiger partial charge in [0.05, 0.1) is 6.21 Å². The second kappa shape index (κ2) is 5.72. The number of hydrogen-bond donors (Lipinski definition) is 2. The third-order valence-corrected chi connectivity index (χ3v) is 4.24. The van der Waals surface area contributed by atoms with Gasteiger partial charge in [-0.25, -0.2) is 0 Å². The van der Waals surface area contributed by atoms with Gasteiger partial charge in [0.2, 0.25) is 5.91 Å². The molecule has 1 aromatic carbocycles. The molecule has 0 saturated carbocycles. The monoisotopic (exact) mass is 313 g/mol. The van der Waals surface area contributed by atoms with Crippen LogP contribution in [0.5, 0.6) is 0 Å². The number of aromatic nitrogens is 1. The number of carbonyl (C=O) groups excluding carboxylic acids is 1. The molecule has 1 heterocycles. The van der Waals surface area contributed by atoms with Crippen molar-refractivity contribution < 1.29 is 9.63 Å². The first-order valence-electron chi connectivity index (χ1n) is 7.89. The molecule has 1 aromatic heterocycles. The quantitative estimate of drug-likeness (QED) is 0.676. The molecule has 2 N–H and O–H groups in total. The van der Waals surface area contributed by atoms with E-state index in [9.17, 15) is 4.79 Å². The van der Waals surface area contributed by atoms with Crippen molar-refractivity contribution in [3.8, 4) is 0 Å². The summed E-state index contributed by atoms with van der Waals surface area (Å²) in [6.07, 6.45) is 3.42. The van der Waals surface area contributed by atoms with Crippen molar-refractivity contribution in [1.29, 1.82) is 0 Å². The minimum atomic E-state index is -0.359. The number of nitrogens with zero attached hydrogens (tertiary/aromatic N) is 1. The highest BCUT2D eigenvalue weighted by Gasteiger charge is 2.30. The average Bonchev–Trinajstić information content (AvgIpc) is 3.01. The molecule has 1 aliphatic carbocycles. The highest BCUT2D eigenvalue weighted by Crippen LogP contribution is 2.31. The summed E-state index contributed by atoms with van der Waals surface area (Å²) in [5.74, 6) is 0.102. The number of aromatic amines is 1. The molecule has 122 valence electrons. The molecular formula is C18H23N3O2. The van der Waals surface area contributed by atoms with Crippen molar-refractivity contribution >= 4 is 23.0 Å². The third kappa shape index (κ3) is 3.09. The van der Waals surface area contributed by atoms with Crippen LogP contribution in [0.2, 0.25) is 0 Å². The van der Waals surface area contributed by atoms with E-state index in [0.29, 0.717) is 0 Å². The lowest BCUT2D eigenvalue weighted by Crippen LogP contribution is -2.42. The smallest absolute Gasteiger partial charge is 0.225 e. The van der Waals surface area contributed by atoms with E-state index in [1.165, 1.54) is 23.8 Å². The topological polar surface area (TPSA) is 66.5 Å². The predicted molar refractivity (Wildman–Crippen MR) is 91.7 cm³/mol. The molecular weight excluding hydrogens is 290 g/mol. The molecule has 5 heteroatoms. The van der Waals surface area contributed by atoms with Crippen LogP contribution in [0, 0.1) is 5.41 Å². The summed E-state index contributed by atoms with van der Waals surface area (Å²) >= 11 is 0. The molecule has 5 nitrogen and oxygen atoms in total. The summed E-state index contributed by atoms with van der Waals surface area (Å²) < 4.78 is 0. The molecule has 0 spiro atoms. The molecule has 0 saturated heterocycles. The van der Waals surface area contributed by atoms with Gasteiger partial charge in [0, 0.05) is 34.5 Å². The fraction of sp³-hybridized carbons (Fsp3) is 0.444. The Bertz CT molecular complexity index is 768. The van der Waals surface area contributed by atoms with E-state index < -0.39 is 0 Å². The normalized spacial score (nSPS) is 17.7. The summed E-state index contributed by atoms with van der Waals surface area (Å²) in [4.78, 5) is 20.4. The van der Waals surface area contributed by atoms with Gasteiger partial charge in [0.25, 0.3) is 0 Å². The van der Waals surface area contributed by atoms with Gasteiger partial charge in [-0.2, -0.15) is 0 Å². The van der Waals surface area contributed by atoms with Crippen molar-refractivity contribution in [3.05, 3.63) is 35.0 Å². The second-order valence-corrected chi connectivity index (χ2v) is 7.13. The van der Waals surface area contributed by atoms with Crippen molar-refractivity contribution in [2.24, 2.45) is 10.6 Å². The molecule has 1 atom stereocenters. The van der Waals surface area contributed by atoms with Crippen LogP contribution in [0.25, 0.3) is 10.9 Å². The highest BCUT2D eigenvalue weighted by molar-refractivity contribution is 5.92. The molecule has 0 aliphatic heterocycles. The number of oxime groups is 1. The van der Waals surface area contributed by atoms with Crippen molar-refractivity contribution in [2.75, 3.05) is 7.11 Å². The Morgan fingerprint density at radius 3 is 2.87 bits per heavy atom. The third-order valence-electron chi connectivity index (χ3n) is 4.24. The van der Waals surface area contributed by atoms with Crippen LogP contribution in [0.1, 0.15) is 37.6 Å². The van der Waals surface area contributed by atoms with Crippen LogP contribution in [-0.2, 0) is 22.5 Å². The van der Waals surface area contributed by atoms with Crippen LogP contribution in [0.3, 0.4) is 0 Å². The number of benzene rings is 1. The SMILES string of the molecule is CON=Cc1ccc2[nH]c3c(c2c1)CC(NC(=O)C(C)(C)C)C3. The summed E-state index contributed by atoms with van der Waals surface area (Å²) in [7, 11) is 1.53. The standard InChI is InChI=1S/C18H23N3O2/c1-18(2,3)17(22)20-12-8-14-13-7-11(10-19-23-4)5-6-15(13)21-16(14)9-12/h5-7,10,12,21H,8-9H2,1-4H3,(H,20,22). The van der Waals surface area contributed by atoms with Crippen molar-refractivity contribution in [3.63, 3.8) is 0 Å². The van der Waals surface area contributed by atoms with Gasteiger partial charge < -0.3 is 15.1 Å². The first kappa shape index (κ1) is 15.6. The van der Waals surface area contributed by atoms with E-state index in [-0.39, 0.29) is 17.4 Å². The first-order chi connectivity index (χ1) is 10.9. The Kier molecular flexibility index (Phi) is 3.88. The summed E-state index contributed by atoms with van der Waals surface area (Å²) in [6, 6.07) is 6.35. The molecule has 2 aromatic rings. The molecule has 1 aliphatic rings. The summed E-state index contributed by atoms with van der Waals surface area (Å²) in [6.45, 7) is 5.81. The molecule has 1 unspecified atom stereocenters. The molecule has 0 radical (unpaired) electrons. The molecule has 0 fully saturated rings. The van der Waals surface area contributed by atoms with Gasteiger partial charge >= 0.3 is 0 Å². The fourth-order valence-corrected chi connectivity index (χ4v) is 2.99. The van der Waals surface area contributed by atoms with Crippen LogP contribution < -0.4 is 5.32 Å². The Morgan fingerprint density at radius 2 is 2.17 bits per heavy atom. The number of fused-ring (bicyclic) bond motifs is 3. The molecule has 3 rings (SSSR count). The number of nitrogens with one attached hydrogen (secondary N) is 2. The summed E-state index contributed by atoms with van der Waals surface area (Å²) in [5, 5.41) is 8.18. The Balaban J connectivity index is 1.82. The summed E-state index contributed by atoms with van der Waals surface area (Å²) in [5.41, 5.74) is 4.29. The Morgan fingerprint density at radius 1 is 1.39 bits per heavy atom. The van der Waals surface area contributed by atoms with Crippen LogP contribution >= 0.6 is 0 Å². The average molecular weight is 313 g/mol. The minimum Gasteiger partial charge on any atom is -0.399 e. The molecule has 1 amide bonds. The number of H-pyrrole nitrogens is 1. The zero-order valence-corrected chi connectivity index (χ0v) is 14.1.